The van der Waals surface area contributed by atoms with Crippen molar-refractivity contribution >= 4 is 17.9 Å². The Hall–Kier alpha value is -5.49. The van der Waals surface area contributed by atoms with Gasteiger partial charge in [0.15, 0.2) is 6.10 Å². The van der Waals surface area contributed by atoms with E-state index in [0.29, 0.717) is 19.3 Å². The molecule has 0 saturated heterocycles. The molecule has 0 aromatic carbocycles. The maximum absolute atomic E-state index is 12.8. The fourth-order valence-corrected chi connectivity index (χ4v) is 5.55. The monoisotopic (exact) mass is 889 g/mol. The molecule has 0 aromatic heterocycles. The molecule has 356 valence electrons. The molecule has 0 heterocycles. The Morgan fingerprint density at radius 1 is 0.338 bits per heavy atom. The summed E-state index contributed by atoms with van der Waals surface area (Å²) >= 11 is 0. The average Bonchev–Trinajstić information content (AvgIpc) is 3.30. The summed E-state index contributed by atoms with van der Waals surface area (Å²) in [5.41, 5.74) is 0. The summed E-state index contributed by atoms with van der Waals surface area (Å²) in [6.07, 6.45) is 77.4. The summed E-state index contributed by atoms with van der Waals surface area (Å²) in [7, 11) is 0. The highest BCUT2D eigenvalue weighted by atomic mass is 16.6. The maximum atomic E-state index is 12.8. The second kappa shape index (κ2) is 51.1. The Balaban J connectivity index is 4.73. The predicted molar refractivity (Wildman–Crippen MR) is 278 cm³/mol. The van der Waals surface area contributed by atoms with Crippen LogP contribution in [-0.4, -0.2) is 37.2 Å². The number of hydrogen-bond acceptors (Lipinski definition) is 6. The first-order valence-corrected chi connectivity index (χ1v) is 24.4. The Bertz CT molecular complexity index is 1630. The summed E-state index contributed by atoms with van der Waals surface area (Å²) in [5.74, 6) is -1.15. The Morgan fingerprint density at radius 3 is 1.12 bits per heavy atom. The topological polar surface area (TPSA) is 78.9 Å². The van der Waals surface area contributed by atoms with Crippen LogP contribution in [0, 0.1) is 0 Å². The fourth-order valence-electron chi connectivity index (χ4n) is 5.55. The summed E-state index contributed by atoms with van der Waals surface area (Å²) in [4.78, 5) is 37.9. The predicted octanol–water partition coefficient (Wildman–Crippen LogP) is 16.2. The van der Waals surface area contributed by atoms with Crippen molar-refractivity contribution in [1.82, 2.24) is 0 Å². The lowest BCUT2D eigenvalue weighted by molar-refractivity contribution is -0.167. The maximum Gasteiger partial charge on any atom is 0.306 e. The van der Waals surface area contributed by atoms with Gasteiger partial charge in [-0.1, -0.05) is 222 Å². The molecular formula is C59H84O6. The molecule has 0 aliphatic carbocycles. The van der Waals surface area contributed by atoms with Gasteiger partial charge in [-0.05, 0) is 89.9 Å². The standard InChI is InChI=1S/C59H84O6/c1-4-7-10-13-16-19-22-25-27-29-31-34-37-40-43-46-49-52-58(61)64-55-56(54-63-57(60)51-48-45-42-39-36-33-24-21-18-15-12-9-6-3)65-59(62)53-50-47-44-41-38-35-32-30-28-26-23-20-17-14-11-8-5-2/h7,9-10,12-13,15-22,24-29,31-37,39,41-42,44,56H,4-6,8,11,14,23,30,38,40,43,45-55H2,1-3H3/b10-7+,12-9+,16-13+,18-15+,20-17+,22-19+,24-21+,27-25+,28-26+,31-29+,35-32+,36-33+,37-34+,42-39+,44-41+. The van der Waals surface area contributed by atoms with E-state index < -0.39 is 12.1 Å². The van der Waals surface area contributed by atoms with Gasteiger partial charge in [-0.3, -0.25) is 14.4 Å². The molecular weight excluding hydrogens is 805 g/mol. The third-order valence-electron chi connectivity index (χ3n) is 9.16. The number of ether oxygens (including phenoxy) is 3. The minimum absolute atomic E-state index is 0.157. The number of esters is 3. The van der Waals surface area contributed by atoms with Crippen LogP contribution in [-0.2, 0) is 28.6 Å². The van der Waals surface area contributed by atoms with E-state index in [4.69, 9.17) is 14.2 Å². The van der Waals surface area contributed by atoms with Crippen LogP contribution >= 0.6 is 0 Å². The van der Waals surface area contributed by atoms with Gasteiger partial charge in [0.25, 0.3) is 0 Å². The van der Waals surface area contributed by atoms with Crippen LogP contribution in [0.15, 0.2) is 182 Å². The number of rotatable bonds is 40. The molecule has 0 radical (unpaired) electrons. The quantitative estimate of drug-likeness (QED) is 0.0200. The highest BCUT2D eigenvalue weighted by molar-refractivity contribution is 5.71. The molecule has 0 saturated carbocycles. The van der Waals surface area contributed by atoms with E-state index in [0.717, 1.165) is 64.2 Å². The number of carbonyl (C=O) groups is 3. The van der Waals surface area contributed by atoms with Crippen LogP contribution in [0.2, 0.25) is 0 Å². The van der Waals surface area contributed by atoms with Crippen molar-refractivity contribution in [3.05, 3.63) is 182 Å². The smallest absolute Gasteiger partial charge is 0.306 e. The molecule has 0 aliphatic heterocycles. The largest absolute Gasteiger partial charge is 0.462 e. The summed E-state index contributed by atoms with van der Waals surface area (Å²) in [6, 6.07) is 0. The summed E-state index contributed by atoms with van der Waals surface area (Å²) in [5, 5.41) is 0. The van der Waals surface area contributed by atoms with E-state index in [9.17, 15) is 14.4 Å². The zero-order chi connectivity index (χ0) is 47.2. The van der Waals surface area contributed by atoms with E-state index >= 15 is 0 Å². The molecule has 0 amide bonds. The zero-order valence-corrected chi connectivity index (χ0v) is 40.4. The van der Waals surface area contributed by atoms with Crippen LogP contribution in [0.25, 0.3) is 0 Å². The lowest BCUT2D eigenvalue weighted by atomic mass is 10.1. The van der Waals surface area contributed by atoms with Gasteiger partial charge in [0.2, 0.25) is 0 Å². The normalized spacial score (nSPS) is 13.7. The van der Waals surface area contributed by atoms with E-state index in [2.05, 4.69) is 87.6 Å². The summed E-state index contributed by atoms with van der Waals surface area (Å²) in [6.45, 7) is 6.12. The highest BCUT2D eigenvalue weighted by Crippen LogP contribution is 2.09. The van der Waals surface area contributed by atoms with Crippen molar-refractivity contribution in [2.75, 3.05) is 13.2 Å². The first kappa shape index (κ1) is 59.5. The van der Waals surface area contributed by atoms with Gasteiger partial charge in [-0.15, -0.1) is 0 Å². The van der Waals surface area contributed by atoms with Gasteiger partial charge in [0.1, 0.15) is 13.2 Å². The molecule has 0 spiro atoms. The Labute approximate surface area is 395 Å². The lowest BCUT2D eigenvalue weighted by Crippen LogP contribution is -2.30. The van der Waals surface area contributed by atoms with Crippen LogP contribution < -0.4 is 0 Å². The van der Waals surface area contributed by atoms with Crippen molar-refractivity contribution in [3.63, 3.8) is 0 Å². The Morgan fingerprint density at radius 2 is 0.677 bits per heavy atom. The fraction of sp³-hybridized carbons (Fsp3) is 0.441. The number of allylic oxidation sites excluding steroid dienone is 30. The van der Waals surface area contributed by atoms with Crippen molar-refractivity contribution in [1.29, 1.82) is 0 Å². The molecule has 0 rings (SSSR count). The van der Waals surface area contributed by atoms with Crippen LogP contribution in [0.3, 0.4) is 0 Å². The highest BCUT2D eigenvalue weighted by Gasteiger charge is 2.19. The number of carbonyl (C=O) groups excluding carboxylic acids is 3. The zero-order valence-electron chi connectivity index (χ0n) is 40.4. The van der Waals surface area contributed by atoms with Crippen molar-refractivity contribution in [2.45, 2.75) is 155 Å². The SMILES string of the molecule is CC/C=C/C=C/C=C/C=C/C=C/C=C/CCCCCC(=O)OCC(COC(=O)CCC/C=C/C=C/C=C/C=C/C=C/CC)OC(=O)CCC/C=C/C/C=C/C/C=C/C/C=C/CCCCC. The second-order valence-electron chi connectivity index (χ2n) is 15.2. The van der Waals surface area contributed by atoms with E-state index in [1.165, 1.54) is 25.7 Å². The molecule has 1 atom stereocenters. The molecule has 1 unspecified atom stereocenters. The van der Waals surface area contributed by atoms with E-state index in [1.807, 2.05) is 115 Å². The van der Waals surface area contributed by atoms with E-state index in [-0.39, 0.29) is 44.4 Å². The third kappa shape index (κ3) is 49.4. The van der Waals surface area contributed by atoms with Crippen LogP contribution in [0.5, 0.6) is 0 Å². The molecule has 6 nitrogen and oxygen atoms in total. The molecule has 0 N–H and O–H groups in total. The number of hydrogen-bond donors (Lipinski definition) is 0. The van der Waals surface area contributed by atoms with Crippen LogP contribution in [0.1, 0.15) is 149 Å². The molecule has 0 aromatic rings. The molecule has 0 aliphatic rings. The third-order valence-corrected chi connectivity index (χ3v) is 9.16. The van der Waals surface area contributed by atoms with Gasteiger partial charge in [0, 0.05) is 19.3 Å². The minimum Gasteiger partial charge on any atom is -0.462 e. The van der Waals surface area contributed by atoms with Gasteiger partial charge in [-0.25, -0.2) is 0 Å². The first-order chi connectivity index (χ1) is 32.0. The summed E-state index contributed by atoms with van der Waals surface area (Å²) < 4.78 is 16.6. The molecule has 6 heteroatoms. The van der Waals surface area contributed by atoms with Gasteiger partial charge in [-0.2, -0.15) is 0 Å². The first-order valence-electron chi connectivity index (χ1n) is 24.4. The van der Waals surface area contributed by atoms with Crippen molar-refractivity contribution in [3.8, 4) is 0 Å². The van der Waals surface area contributed by atoms with Gasteiger partial charge >= 0.3 is 17.9 Å². The lowest BCUT2D eigenvalue weighted by Gasteiger charge is -2.18. The van der Waals surface area contributed by atoms with Crippen molar-refractivity contribution < 1.29 is 28.6 Å². The van der Waals surface area contributed by atoms with Gasteiger partial charge < -0.3 is 14.2 Å². The van der Waals surface area contributed by atoms with Gasteiger partial charge in [0.05, 0.1) is 0 Å². The molecule has 0 bridgehead atoms. The molecule has 65 heavy (non-hydrogen) atoms. The second-order valence-corrected chi connectivity index (χ2v) is 15.2. The molecule has 0 fully saturated rings. The number of unbranched alkanes of at least 4 members (excludes halogenated alkanes) is 8. The minimum atomic E-state index is -0.864. The van der Waals surface area contributed by atoms with E-state index in [1.54, 1.807) is 0 Å². The average molecular weight is 889 g/mol. The van der Waals surface area contributed by atoms with Crippen LogP contribution in [0.4, 0.5) is 0 Å². The van der Waals surface area contributed by atoms with Crippen molar-refractivity contribution in [2.24, 2.45) is 0 Å². The Kier molecular flexibility index (Phi) is 46.8.